The zero-order valence-electron chi connectivity index (χ0n) is 17.9. The molecule has 3 aromatic rings. The lowest BCUT2D eigenvalue weighted by Crippen LogP contribution is -2.54. The SMILES string of the molecule is OB(OB(OB(O)c1cccc(F)c1F)c1ccc(C(F)(F)F)cc1C(F)(F)F)c1cccc(F)c1F. The molecule has 0 aromatic heterocycles. The molecular formula is C20H11B3F10O4. The third kappa shape index (κ3) is 6.47. The van der Waals surface area contributed by atoms with Gasteiger partial charge in [-0.3, -0.25) is 0 Å². The summed E-state index contributed by atoms with van der Waals surface area (Å²) in [5.74, 6) is -6.36. The van der Waals surface area contributed by atoms with Crippen molar-refractivity contribution in [1.82, 2.24) is 0 Å². The molecule has 0 spiro atoms. The first-order valence-corrected chi connectivity index (χ1v) is 9.94. The van der Waals surface area contributed by atoms with Crippen molar-refractivity contribution in [2.75, 3.05) is 0 Å². The predicted molar refractivity (Wildman–Crippen MR) is 112 cm³/mol. The van der Waals surface area contributed by atoms with Gasteiger partial charge in [-0.1, -0.05) is 36.4 Å². The van der Waals surface area contributed by atoms with E-state index < -0.39 is 84.5 Å². The summed E-state index contributed by atoms with van der Waals surface area (Å²) in [6.07, 6.45) is -10.7. The second kappa shape index (κ2) is 10.8. The normalized spacial score (nSPS) is 12.0. The fourth-order valence-corrected chi connectivity index (χ4v) is 3.17. The Balaban J connectivity index is 2.11. The molecule has 17 heteroatoms. The molecule has 0 aliphatic heterocycles. The van der Waals surface area contributed by atoms with Crippen LogP contribution < -0.4 is 16.4 Å². The van der Waals surface area contributed by atoms with E-state index in [9.17, 15) is 54.0 Å². The molecule has 2 N–H and O–H groups in total. The first-order chi connectivity index (χ1) is 17.1. The maximum Gasteiger partial charge on any atom is 0.480 e. The van der Waals surface area contributed by atoms with E-state index in [4.69, 9.17) is 9.14 Å². The highest BCUT2D eigenvalue weighted by Gasteiger charge is 2.44. The van der Waals surface area contributed by atoms with Gasteiger partial charge in [0, 0.05) is 10.9 Å². The van der Waals surface area contributed by atoms with Crippen LogP contribution in [-0.2, 0) is 21.5 Å². The van der Waals surface area contributed by atoms with Gasteiger partial charge in [0.15, 0.2) is 23.3 Å². The van der Waals surface area contributed by atoms with Gasteiger partial charge in [-0.05, 0) is 23.7 Å². The molecule has 0 saturated carbocycles. The summed E-state index contributed by atoms with van der Waals surface area (Å²) in [5, 5.41) is 20.5. The molecule has 0 unspecified atom stereocenters. The highest BCUT2D eigenvalue weighted by molar-refractivity contribution is 6.79. The topological polar surface area (TPSA) is 58.9 Å². The van der Waals surface area contributed by atoms with Gasteiger partial charge in [0.2, 0.25) is 0 Å². The number of hydrogen-bond donors (Lipinski definition) is 2. The second-order valence-electron chi connectivity index (χ2n) is 7.39. The van der Waals surface area contributed by atoms with Crippen LogP contribution in [0, 0.1) is 23.3 Å². The van der Waals surface area contributed by atoms with Gasteiger partial charge < -0.3 is 19.2 Å². The average Bonchev–Trinajstić information content (AvgIpc) is 2.80. The largest absolute Gasteiger partial charge is 0.480 e. The summed E-state index contributed by atoms with van der Waals surface area (Å²) in [5.41, 5.74) is -6.94. The molecule has 37 heavy (non-hydrogen) atoms. The molecule has 0 amide bonds. The summed E-state index contributed by atoms with van der Waals surface area (Å²) in [6, 6.07) is 4.69. The van der Waals surface area contributed by atoms with Gasteiger partial charge in [-0.2, -0.15) is 26.3 Å². The van der Waals surface area contributed by atoms with Crippen molar-refractivity contribution in [3.05, 3.63) is 89.0 Å². The summed E-state index contributed by atoms with van der Waals surface area (Å²) < 4.78 is 145. The molecule has 0 aliphatic carbocycles. The van der Waals surface area contributed by atoms with Crippen LogP contribution in [0.25, 0.3) is 0 Å². The molecular weight excluding hydrogens is 527 g/mol. The van der Waals surface area contributed by atoms with Crippen molar-refractivity contribution in [1.29, 1.82) is 0 Å². The number of halogens is 10. The highest BCUT2D eigenvalue weighted by atomic mass is 19.4. The molecule has 0 saturated heterocycles. The van der Waals surface area contributed by atoms with Gasteiger partial charge in [-0.25, -0.2) is 17.6 Å². The minimum absolute atomic E-state index is 0.189. The van der Waals surface area contributed by atoms with Crippen LogP contribution in [0.1, 0.15) is 11.1 Å². The maximum atomic E-state index is 14.1. The van der Waals surface area contributed by atoms with E-state index in [0.29, 0.717) is 12.1 Å². The van der Waals surface area contributed by atoms with Crippen LogP contribution in [-0.4, -0.2) is 31.4 Å². The van der Waals surface area contributed by atoms with E-state index in [0.717, 1.165) is 24.3 Å². The van der Waals surface area contributed by atoms with Gasteiger partial charge in [0.1, 0.15) is 0 Å². The van der Waals surface area contributed by atoms with Gasteiger partial charge in [0.05, 0.1) is 11.1 Å². The molecule has 0 radical (unpaired) electrons. The van der Waals surface area contributed by atoms with Gasteiger partial charge >= 0.3 is 33.7 Å². The maximum absolute atomic E-state index is 14.1. The second-order valence-corrected chi connectivity index (χ2v) is 7.39. The fraction of sp³-hybridized carbons (Fsp3) is 0.100. The summed E-state index contributed by atoms with van der Waals surface area (Å²) in [6.45, 7) is 0. The van der Waals surface area contributed by atoms with Crippen molar-refractivity contribution in [3.63, 3.8) is 0 Å². The number of rotatable bonds is 7. The average molecular weight is 538 g/mol. The number of alkyl halides is 6. The Morgan fingerprint density at radius 2 is 1.05 bits per heavy atom. The Kier molecular flexibility index (Phi) is 8.32. The summed E-state index contributed by atoms with van der Waals surface area (Å²) >= 11 is 0. The Labute approximate surface area is 202 Å². The smallest absolute Gasteiger partial charge is 0.444 e. The minimum Gasteiger partial charge on any atom is -0.444 e. The van der Waals surface area contributed by atoms with E-state index in [1.807, 2.05) is 0 Å². The molecule has 3 rings (SSSR count). The van der Waals surface area contributed by atoms with Gasteiger partial charge in [0.25, 0.3) is 0 Å². The standard InChI is InChI=1S/C20H11B3F10O4/c24-15-5-1-3-13(17(15)26)21(34)36-23(37-22(35)14-4-2-6-16(25)18(14)27)12-8-7-10(19(28,29)30)9-11(12)20(31,32)33/h1-9,34-35H. The third-order valence-corrected chi connectivity index (χ3v) is 4.94. The first kappa shape index (κ1) is 28.6. The lowest BCUT2D eigenvalue weighted by molar-refractivity contribution is -0.142. The van der Waals surface area contributed by atoms with E-state index >= 15 is 0 Å². The zero-order valence-corrected chi connectivity index (χ0v) is 17.9. The number of hydrogen-bond acceptors (Lipinski definition) is 4. The molecule has 0 atom stereocenters. The van der Waals surface area contributed by atoms with Crippen molar-refractivity contribution in [3.8, 4) is 0 Å². The van der Waals surface area contributed by atoms with Crippen molar-refractivity contribution < 1.29 is 63.1 Å². The quantitative estimate of drug-likeness (QED) is 0.360. The van der Waals surface area contributed by atoms with Crippen molar-refractivity contribution in [2.24, 2.45) is 0 Å². The van der Waals surface area contributed by atoms with Crippen LogP contribution in [0.2, 0.25) is 0 Å². The van der Waals surface area contributed by atoms with E-state index in [-0.39, 0.29) is 18.2 Å². The Morgan fingerprint density at radius 3 is 1.46 bits per heavy atom. The molecule has 3 aromatic carbocycles. The van der Waals surface area contributed by atoms with Crippen LogP contribution in [0.4, 0.5) is 43.9 Å². The first-order valence-electron chi connectivity index (χ1n) is 9.94. The molecule has 0 heterocycles. The molecule has 0 fully saturated rings. The summed E-state index contributed by atoms with van der Waals surface area (Å²) in [7, 11) is -7.88. The third-order valence-electron chi connectivity index (χ3n) is 4.94. The molecule has 0 bridgehead atoms. The monoisotopic (exact) mass is 538 g/mol. The minimum atomic E-state index is -5.49. The lowest BCUT2D eigenvalue weighted by Gasteiger charge is -2.23. The summed E-state index contributed by atoms with van der Waals surface area (Å²) in [4.78, 5) is 0. The van der Waals surface area contributed by atoms with Crippen LogP contribution in [0.15, 0.2) is 54.6 Å². The Bertz CT molecular complexity index is 1210. The van der Waals surface area contributed by atoms with Crippen LogP contribution >= 0.6 is 0 Å². The van der Waals surface area contributed by atoms with E-state index in [2.05, 4.69) is 0 Å². The molecule has 194 valence electrons. The molecule has 0 aliphatic rings. The Hall–Kier alpha value is -3.01. The Morgan fingerprint density at radius 1 is 0.595 bits per heavy atom. The fourth-order valence-electron chi connectivity index (χ4n) is 3.17. The van der Waals surface area contributed by atoms with Crippen LogP contribution in [0.5, 0.6) is 0 Å². The van der Waals surface area contributed by atoms with E-state index in [1.54, 1.807) is 0 Å². The zero-order chi connectivity index (χ0) is 27.7. The van der Waals surface area contributed by atoms with Gasteiger partial charge in [-0.15, -0.1) is 0 Å². The predicted octanol–water partition coefficient (Wildman–Crippen LogP) is 2.78. The van der Waals surface area contributed by atoms with Crippen molar-refractivity contribution >= 4 is 37.7 Å². The highest BCUT2D eigenvalue weighted by Crippen LogP contribution is 2.34. The molecule has 4 nitrogen and oxygen atoms in total. The van der Waals surface area contributed by atoms with Crippen molar-refractivity contribution in [2.45, 2.75) is 12.4 Å². The van der Waals surface area contributed by atoms with Crippen LogP contribution in [0.3, 0.4) is 0 Å². The number of benzene rings is 3. The lowest BCUT2D eigenvalue weighted by atomic mass is 9.65. The van der Waals surface area contributed by atoms with E-state index in [1.165, 1.54) is 0 Å².